The van der Waals surface area contributed by atoms with Gasteiger partial charge in [-0.05, 0) is 47.4 Å². The second-order valence-corrected chi connectivity index (χ2v) is 8.30. The highest BCUT2D eigenvalue weighted by atomic mass is 16.4. The fourth-order valence-electron chi connectivity index (χ4n) is 4.64. The summed E-state index contributed by atoms with van der Waals surface area (Å²) in [7, 11) is 0. The lowest BCUT2D eigenvalue weighted by Crippen LogP contribution is -2.49. The summed E-state index contributed by atoms with van der Waals surface area (Å²) >= 11 is 0. The van der Waals surface area contributed by atoms with Crippen LogP contribution < -0.4 is 0 Å². The predicted molar refractivity (Wildman–Crippen MR) is 93.7 cm³/mol. The molecule has 1 aliphatic rings. The smallest absolute Gasteiger partial charge is 0.307 e. The normalized spacial score (nSPS) is 26.3. The van der Waals surface area contributed by atoms with Gasteiger partial charge in [0.2, 0.25) is 0 Å². The molecule has 1 aliphatic carbocycles. The molecule has 4 nitrogen and oxygen atoms in total. The van der Waals surface area contributed by atoms with Crippen molar-refractivity contribution in [2.45, 2.75) is 65.2 Å². The number of carbonyl (C=O) groups excluding carboxylic acids is 1. The third-order valence-electron chi connectivity index (χ3n) is 5.75. The van der Waals surface area contributed by atoms with Crippen LogP contribution in [0.3, 0.4) is 0 Å². The van der Waals surface area contributed by atoms with Gasteiger partial charge in [-0.1, -0.05) is 41.0 Å². The first-order chi connectivity index (χ1) is 11.0. The summed E-state index contributed by atoms with van der Waals surface area (Å²) in [5.41, 5.74) is 0.802. The van der Waals surface area contributed by atoms with Gasteiger partial charge in [0.1, 0.15) is 12.0 Å². The van der Waals surface area contributed by atoms with E-state index >= 15 is 0 Å². The third kappa shape index (κ3) is 2.94. The first kappa shape index (κ1) is 18.5. The van der Waals surface area contributed by atoms with Crippen molar-refractivity contribution in [2.75, 3.05) is 0 Å². The second kappa shape index (κ2) is 6.23. The molecule has 4 heteroatoms. The van der Waals surface area contributed by atoms with E-state index in [1.807, 2.05) is 34.6 Å². The maximum atomic E-state index is 12.1. The zero-order valence-electron chi connectivity index (χ0n) is 15.2. The number of benzene rings is 1. The average molecular weight is 332 g/mol. The molecule has 1 aromatic rings. The molecule has 0 amide bonds. The third-order valence-corrected chi connectivity index (χ3v) is 5.75. The number of aromatic hydroxyl groups is 1. The Balaban J connectivity index is 2.69. The lowest BCUT2D eigenvalue weighted by molar-refractivity contribution is -0.152. The van der Waals surface area contributed by atoms with Crippen molar-refractivity contribution in [3.8, 4) is 5.75 Å². The lowest BCUT2D eigenvalue weighted by atomic mass is 9.53. The molecule has 2 N–H and O–H groups in total. The van der Waals surface area contributed by atoms with Gasteiger partial charge in [0, 0.05) is 11.0 Å². The molecular weight excluding hydrogens is 304 g/mol. The Kier molecular flexibility index (Phi) is 4.80. The molecule has 0 aromatic heterocycles. The van der Waals surface area contributed by atoms with Gasteiger partial charge in [-0.25, -0.2) is 0 Å². The highest BCUT2D eigenvalue weighted by Gasteiger charge is 2.52. The van der Waals surface area contributed by atoms with Crippen LogP contribution in [-0.4, -0.2) is 22.5 Å². The number of carboxylic acid groups (broad SMARTS) is 1. The topological polar surface area (TPSA) is 74.6 Å². The average Bonchev–Trinajstić information content (AvgIpc) is 2.44. The summed E-state index contributed by atoms with van der Waals surface area (Å²) in [6, 6.07) is 3.34. The van der Waals surface area contributed by atoms with Crippen molar-refractivity contribution in [2.24, 2.45) is 11.3 Å². The Morgan fingerprint density at radius 2 is 1.88 bits per heavy atom. The van der Waals surface area contributed by atoms with Crippen LogP contribution in [0.4, 0.5) is 0 Å². The quantitative estimate of drug-likeness (QED) is 0.796. The number of phenols is 1. The summed E-state index contributed by atoms with van der Waals surface area (Å²) in [5, 5.41) is 20.3. The van der Waals surface area contributed by atoms with Crippen LogP contribution in [0.5, 0.6) is 5.75 Å². The number of carboxylic acids is 1. The Labute approximate surface area is 143 Å². The number of phenolic OH excluding ortho intramolecular Hbond substituents is 1. The highest BCUT2D eigenvalue weighted by Crippen LogP contribution is 2.53. The summed E-state index contributed by atoms with van der Waals surface area (Å²) < 4.78 is 0. The molecule has 2 atom stereocenters. The molecule has 1 aromatic carbocycles. The number of rotatable bonds is 4. The van der Waals surface area contributed by atoms with E-state index in [0.717, 1.165) is 19.1 Å². The van der Waals surface area contributed by atoms with Crippen LogP contribution in [0.25, 0.3) is 0 Å². The van der Waals surface area contributed by atoms with Crippen LogP contribution in [0.1, 0.15) is 81.3 Å². The van der Waals surface area contributed by atoms with E-state index in [2.05, 4.69) is 0 Å². The summed E-state index contributed by atoms with van der Waals surface area (Å²) in [6.45, 7) is 9.78. The molecule has 132 valence electrons. The number of aliphatic carboxylic acids is 1. The lowest BCUT2D eigenvalue weighted by Gasteiger charge is -2.49. The van der Waals surface area contributed by atoms with E-state index in [4.69, 9.17) is 0 Å². The Bertz CT molecular complexity index is 660. The number of hydrogen-bond acceptors (Lipinski definition) is 3. The molecule has 0 bridgehead atoms. The van der Waals surface area contributed by atoms with Crippen LogP contribution in [0.15, 0.2) is 12.1 Å². The van der Waals surface area contributed by atoms with Crippen molar-refractivity contribution in [3.05, 3.63) is 28.8 Å². The van der Waals surface area contributed by atoms with Gasteiger partial charge in [-0.3, -0.25) is 9.59 Å². The van der Waals surface area contributed by atoms with E-state index in [1.54, 1.807) is 12.1 Å². The van der Waals surface area contributed by atoms with Gasteiger partial charge in [-0.15, -0.1) is 0 Å². The van der Waals surface area contributed by atoms with Crippen LogP contribution in [0.2, 0.25) is 0 Å². The van der Waals surface area contributed by atoms with Gasteiger partial charge >= 0.3 is 5.97 Å². The Morgan fingerprint density at radius 1 is 1.25 bits per heavy atom. The van der Waals surface area contributed by atoms with E-state index in [0.29, 0.717) is 23.1 Å². The Morgan fingerprint density at radius 3 is 2.38 bits per heavy atom. The molecule has 0 radical (unpaired) electrons. The van der Waals surface area contributed by atoms with Gasteiger partial charge in [-0.2, -0.15) is 0 Å². The zero-order valence-corrected chi connectivity index (χ0v) is 15.2. The molecule has 0 heterocycles. The standard InChI is InChI=1S/C20H28O4/c1-12(2)14-9-13(11-21)15(10-16(14)22)20(5)8-6-7-19(3,4)17(20)18(23)24/h9-12,17,22H,6-8H2,1-5H3,(H,23,24)/t17?,20-/m1/s1. The fraction of sp³-hybridized carbons (Fsp3) is 0.600. The number of carbonyl (C=O) groups is 2. The van der Waals surface area contributed by atoms with Gasteiger partial charge < -0.3 is 10.2 Å². The minimum atomic E-state index is -0.841. The molecule has 2 rings (SSSR count). The molecule has 0 aliphatic heterocycles. The van der Waals surface area contributed by atoms with Crippen molar-refractivity contribution < 1.29 is 19.8 Å². The maximum Gasteiger partial charge on any atom is 0.307 e. The monoisotopic (exact) mass is 332 g/mol. The van der Waals surface area contributed by atoms with E-state index in [9.17, 15) is 19.8 Å². The fourth-order valence-corrected chi connectivity index (χ4v) is 4.64. The molecule has 1 saturated carbocycles. The summed E-state index contributed by atoms with van der Waals surface area (Å²) in [5.74, 6) is -1.23. The van der Waals surface area contributed by atoms with E-state index in [-0.39, 0.29) is 17.1 Å². The molecule has 0 spiro atoms. The molecule has 1 unspecified atom stereocenters. The van der Waals surface area contributed by atoms with Crippen molar-refractivity contribution in [1.82, 2.24) is 0 Å². The van der Waals surface area contributed by atoms with E-state index in [1.165, 1.54) is 0 Å². The van der Waals surface area contributed by atoms with Gasteiger partial charge in [0.25, 0.3) is 0 Å². The van der Waals surface area contributed by atoms with Gasteiger partial charge in [0.05, 0.1) is 5.92 Å². The SMILES string of the molecule is CC(C)c1cc(C=O)c([C@@]2(C)CCCC(C)(C)C2C(=O)O)cc1O. The zero-order chi connectivity index (χ0) is 18.3. The largest absolute Gasteiger partial charge is 0.508 e. The van der Waals surface area contributed by atoms with Crippen LogP contribution in [0, 0.1) is 11.3 Å². The Hall–Kier alpha value is -1.84. The van der Waals surface area contributed by atoms with E-state index < -0.39 is 17.3 Å². The molecule has 24 heavy (non-hydrogen) atoms. The first-order valence-corrected chi connectivity index (χ1v) is 8.60. The second-order valence-electron chi connectivity index (χ2n) is 8.30. The van der Waals surface area contributed by atoms with Crippen molar-refractivity contribution in [1.29, 1.82) is 0 Å². The maximum absolute atomic E-state index is 12.1. The first-order valence-electron chi connectivity index (χ1n) is 8.60. The summed E-state index contributed by atoms with van der Waals surface area (Å²) in [6.07, 6.45) is 3.21. The minimum absolute atomic E-state index is 0.0867. The molecule has 0 saturated heterocycles. The van der Waals surface area contributed by atoms with Gasteiger partial charge in [0.15, 0.2) is 0 Å². The van der Waals surface area contributed by atoms with Crippen LogP contribution >= 0.6 is 0 Å². The molecular formula is C20H28O4. The van der Waals surface area contributed by atoms with Crippen LogP contribution in [-0.2, 0) is 10.2 Å². The highest BCUT2D eigenvalue weighted by molar-refractivity contribution is 5.81. The van der Waals surface area contributed by atoms with Crippen molar-refractivity contribution in [3.63, 3.8) is 0 Å². The minimum Gasteiger partial charge on any atom is -0.508 e. The predicted octanol–water partition coefficient (Wildman–Crippen LogP) is 4.50. The van der Waals surface area contributed by atoms with Crippen molar-refractivity contribution >= 4 is 12.3 Å². The molecule has 1 fully saturated rings. The number of hydrogen-bond donors (Lipinski definition) is 2. The number of aldehydes is 1. The summed E-state index contributed by atoms with van der Waals surface area (Å²) in [4.78, 5) is 23.8.